The van der Waals surface area contributed by atoms with Gasteiger partial charge >= 0.3 is 0 Å². The number of aromatic nitrogens is 4. The maximum atomic E-state index is 5.12. The van der Waals surface area contributed by atoms with Gasteiger partial charge in [-0.15, -0.1) is 0 Å². The summed E-state index contributed by atoms with van der Waals surface area (Å²) in [5.41, 5.74) is 8.02. The lowest BCUT2D eigenvalue weighted by atomic mass is 9.90. The standard InChI is InChI=1S/C48H30N4/c1-3-13-32(14-4-1)46-50-47(33-15-5-2-6-16-33)52-48(51-46)37-28-35(27-36(29-37)38-23-11-17-31-18-12-26-49-45(31)38)34-24-25-43-41-21-8-7-19-39(41)40-20-9-10-22-42(40)44(43)30-34/h1-30H. The maximum absolute atomic E-state index is 5.12. The van der Waals surface area contributed by atoms with E-state index in [1.165, 1.54) is 32.3 Å². The Bertz CT molecular complexity index is 2860. The molecule has 4 heteroatoms. The Kier molecular flexibility index (Phi) is 7.10. The zero-order chi connectivity index (χ0) is 34.4. The van der Waals surface area contributed by atoms with E-state index in [9.17, 15) is 0 Å². The smallest absolute Gasteiger partial charge is 0.164 e. The highest BCUT2D eigenvalue weighted by Crippen LogP contribution is 2.40. The molecule has 0 N–H and O–H groups in total. The molecule has 0 spiro atoms. The van der Waals surface area contributed by atoms with E-state index in [0.717, 1.165) is 49.8 Å². The summed E-state index contributed by atoms with van der Waals surface area (Å²) in [6.07, 6.45) is 1.86. The molecular weight excluding hydrogens is 633 g/mol. The van der Waals surface area contributed by atoms with Crippen molar-refractivity contribution in [3.8, 4) is 56.4 Å². The third-order valence-corrected chi connectivity index (χ3v) is 9.91. The van der Waals surface area contributed by atoms with Crippen LogP contribution in [0.4, 0.5) is 0 Å². The molecule has 0 aliphatic carbocycles. The summed E-state index contributed by atoms with van der Waals surface area (Å²) < 4.78 is 0. The van der Waals surface area contributed by atoms with Crippen LogP contribution in [0.2, 0.25) is 0 Å². The summed E-state index contributed by atoms with van der Waals surface area (Å²) in [7, 11) is 0. The van der Waals surface area contributed by atoms with E-state index in [1.54, 1.807) is 0 Å². The van der Waals surface area contributed by atoms with Crippen molar-refractivity contribution in [2.24, 2.45) is 0 Å². The molecule has 0 aliphatic rings. The van der Waals surface area contributed by atoms with Gasteiger partial charge in [0.15, 0.2) is 17.5 Å². The zero-order valence-electron chi connectivity index (χ0n) is 28.1. The first-order valence-electron chi connectivity index (χ1n) is 17.5. The number of pyridine rings is 1. The van der Waals surface area contributed by atoms with E-state index in [1.807, 2.05) is 72.9 Å². The Balaban J connectivity index is 1.25. The molecule has 0 amide bonds. The molecule has 0 unspecified atom stereocenters. The maximum Gasteiger partial charge on any atom is 0.164 e. The van der Waals surface area contributed by atoms with Crippen LogP contribution in [0.1, 0.15) is 0 Å². The molecule has 10 aromatic rings. The number of fused-ring (bicyclic) bond motifs is 7. The van der Waals surface area contributed by atoms with Gasteiger partial charge in [0, 0.05) is 33.8 Å². The van der Waals surface area contributed by atoms with E-state index in [4.69, 9.17) is 19.9 Å². The lowest BCUT2D eigenvalue weighted by Crippen LogP contribution is -2.00. The monoisotopic (exact) mass is 662 g/mol. The normalized spacial score (nSPS) is 11.5. The van der Waals surface area contributed by atoms with E-state index in [-0.39, 0.29) is 0 Å². The fraction of sp³-hybridized carbons (Fsp3) is 0. The minimum atomic E-state index is 0.612. The first kappa shape index (κ1) is 29.8. The molecule has 0 atom stereocenters. The Labute approximate surface area is 300 Å². The lowest BCUT2D eigenvalue weighted by molar-refractivity contribution is 1.07. The van der Waals surface area contributed by atoms with Crippen molar-refractivity contribution in [2.75, 3.05) is 0 Å². The molecule has 2 heterocycles. The number of hydrogen-bond donors (Lipinski definition) is 0. The Morgan fingerprint density at radius 3 is 1.42 bits per heavy atom. The minimum absolute atomic E-state index is 0.612. The largest absolute Gasteiger partial charge is 0.256 e. The van der Waals surface area contributed by atoms with Crippen molar-refractivity contribution in [3.63, 3.8) is 0 Å². The third kappa shape index (κ3) is 5.17. The summed E-state index contributed by atoms with van der Waals surface area (Å²) in [4.78, 5) is 20.0. The van der Waals surface area contributed by atoms with Crippen LogP contribution in [-0.4, -0.2) is 19.9 Å². The van der Waals surface area contributed by atoms with E-state index in [0.29, 0.717) is 17.5 Å². The molecule has 0 bridgehead atoms. The van der Waals surface area contributed by atoms with Gasteiger partial charge in [0.2, 0.25) is 0 Å². The molecular formula is C48H30N4. The van der Waals surface area contributed by atoms with Crippen LogP contribution in [0.25, 0.3) is 99.6 Å². The van der Waals surface area contributed by atoms with Crippen LogP contribution < -0.4 is 0 Å². The van der Waals surface area contributed by atoms with Gasteiger partial charge in [-0.25, -0.2) is 15.0 Å². The molecule has 2 aromatic heterocycles. The summed E-state index contributed by atoms with van der Waals surface area (Å²) in [5.74, 6) is 1.88. The summed E-state index contributed by atoms with van der Waals surface area (Å²) in [6.45, 7) is 0. The lowest BCUT2D eigenvalue weighted by Gasteiger charge is -2.15. The molecule has 8 aromatic carbocycles. The van der Waals surface area contributed by atoms with Crippen molar-refractivity contribution in [3.05, 3.63) is 182 Å². The Morgan fingerprint density at radius 1 is 0.288 bits per heavy atom. The van der Waals surface area contributed by atoms with E-state index >= 15 is 0 Å². The third-order valence-electron chi connectivity index (χ3n) is 9.91. The van der Waals surface area contributed by atoms with Crippen LogP contribution in [-0.2, 0) is 0 Å². The van der Waals surface area contributed by atoms with Crippen LogP contribution in [0.3, 0.4) is 0 Å². The highest BCUT2D eigenvalue weighted by Gasteiger charge is 2.17. The number of para-hydroxylation sites is 1. The summed E-state index contributed by atoms with van der Waals surface area (Å²) in [6, 6.07) is 61.6. The second-order valence-electron chi connectivity index (χ2n) is 13.1. The minimum Gasteiger partial charge on any atom is -0.256 e. The van der Waals surface area contributed by atoms with E-state index in [2.05, 4.69) is 109 Å². The van der Waals surface area contributed by atoms with Crippen molar-refractivity contribution in [1.29, 1.82) is 0 Å². The quantitative estimate of drug-likeness (QED) is 0.172. The summed E-state index contributed by atoms with van der Waals surface area (Å²) in [5, 5.41) is 8.58. The molecule has 0 saturated carbocycles. The van der Waals surface area contributed by atoms with Gasteiger partial charge in [0.1, 0.15) is 0 Å². The number of hydrogen-bond acceptors (Lipinski definition) is 4. The number of rotatable bonds is 5. The number of nitrogens with zero attached hydrogens (tertiary/aromatic N) is 4. The van der Waals surface area contributed by atoms with Gasteiger partial charge < -0.3 is 0 Å². The van der Waals surface area contributed by atoms with Gasteiger partial charge in [0.25, 0.3) is 0 Å². The second kappa shape index (κ2) is 12.4. The predicted molar refractivity (Wildman–Crippen MR) is 215 cm³/mol. The predicted octanol–water partition coefficient (Wildman–Crippen LogP) is 12.2. The number of benzene rings is 8. The van der Waals surface area contributed by atoms with Crippen LogP contribution >= 0.6 is 0 Å². The average molecular weight is 663 g/mol. The highest BCUT2D eigenvalue weighted by molar-refractivity contribution is 6.25. The SMILES string of the molecule is c1ccc(-c2nc(-c3ccccc3)nc(-c3cc(-c4ccc5c6ccccc6c6ccccc6c5c4)cc(-c4cccc5cccnc45)c3)n2)cc1. The molecule has 0 aliphatic heterocycles. The van der Waals surface area contributed by atoms with Gasteiger partial charge in [0.05, 0.1) is 5.52 Å². The van der Waals surface area contributed by atoms with Crippen molar-refractivity contribution >= 4 is 43.2 Å². The molecule has 10 rings (SSSR count). The Hall–Kier alpha value is -7.04. The zero-order valence-corrected chi connectivity index (χ0v) is 28.1. The second-order valence-corrected chi connectivity index (χ2v) is 13.1. The molecule has 242 valence electrons. The topological polar surface area (TPSA) is 51.6 Å². The molecule has 0 saturated heterocycles. The molecule has 52 heavy (non-hydrogen) atoms. The Morgan fingerprint density at radius 2 is 0.788 bits per heavy atom. The van der Waals surface area contributed by atoms with Gasteiger partial charge in [-0.1, -0.05) is 146 Å². The van der Waals surface area contributed by atoms with Gasteiger partial charge in [-0.3, -0.25) is 4.98 Å². The fourth-order valence-electron chi connectivity index (χ4n) is 7.44. The van der Waals surface area contributed by atoms with Crippen molar-refractivity contribution < 1.29 is 0 Å². The van der Waals surface area contributed by atoms with E-state index < -0.39 is 0 Å². The fourth-order valence-corrected chi connectivity index (χ4v) is 7.44. The van der Waals surface area contributed by atoms with Crippen LogP contribution in [0, 0.1) is 0 Å². The molecule has 4 nitrogen and oxygen atoms in total. The van der Waals surface area contributed by atoms with Crippen LogP contribution in [0.15, 0.2) is 182 Å². The highest BCUT2D eigenvalue weighted by atomic mass is 15.0. The van der Waals surface area contributed by atoms with Crippen molar-refractivity contribution in [1.82, 2.24) is 19.9 Å². The van der Waals surface area contributed by atoms with Gasteiger partial charge in [-0.2, -0.15) is 0 Å². The first-order chi connectivity index (χ1) is 25.8. The van der Waals surface area contributed by atoms with Crippen molar-refractivity contribution in [2.45, 2.75) is 0 Å². The van der Waals surface area contributed by atoms with Gasteiger partial charge in [-0.05, 0) is 79.3 Å². The summed E-state index contributed by atoms with van der Waals surface area (Å²) >= 11 is 0. The first-order valence-corrected chi connectivity index (χ1v) is 17.5. The average Bonchev–Trinajstić information content (AvgIpc) is 3.23. The van der Waals surface area contributed by atoms with Crippen LogP contribution in [0.5, 0.6) is 0 Å². The molecule has 0 radical (unpaired) electrons. The molecule has 0 fully saturated rings.